The summed E-state index contributed by atoms with van der Waals surface area (Å²) in [6.07, 6.45) is 1.89. The molecular weight excluding hydrogens is 472 g/mol. The molecule has 0 unspecified atom stereocenters. The molecule has 1 fully saturated rings. The number of rotatable bonds is 6. The van der Waals surface area contributed by atoms with Crippen LogP contribution in [0, 0.1) is 11.2 Å². The van der Waals surface area contributed by atoms with Gasteiger partial charge in [0.2, 0.25) is 5.91 Å². The lowest BCUT2D eigenvalue weighted by molar-refractivity contribution is -0.128. The number of hydrogen-bond donors (Lipinski definition) is 3. The number of carbonyl (C=O) groups excluding carboxylic acids is 1. The first-order chi connectivity index (χ1) is 12.9. The first-order valence-corrected chi connectivity index (χ1v) is 9.63. The van der Waals surface area contributed by atoms with Gasteiger partial charge >= 0.3 is 0 Å². The predicted octanol–water partition coefficient (Wildman–Crippen LogP) is 2.74. The lowest BCUT2D eigenvalue weighted by Gasteiger charge is -2.34. The molecule has 1 amide bonds. The molecule has 1 aromatic carbocycles. The van der Waals surface area contributed by atoms with Crippen molar-refractivity contribution in [2.75, 3.05) is 38.1 Å². The number of hydrogen-bond acceptors (Lipinski definition) is 3. The van der Waals surface area contributed by atoms with Crippen molar-refractivity contribution < 1.29 is 9.18 Å². The second-order valence-corrected chi connectivity index (χ2v) is 7.54. The Bertz CT molecular complexity index is 660. The molecule has 1 aliphatic heterocycles. The smallest absolute Gasteiger partial charge is 0.227 e. The average Bonchev–Trinajstić information content (AvgIpc) is 2.66. The fourth-order valence-electron chi connectivity index (χ4n) is 3.16. The van der Waals surface area contributed by atoms with Crippen LogP contribution in [0.25, 0.3) is 0 Å². The zero-order valence-electron chi connectivity index (χ0n) is 17.2. The van der Waals surface area contributed by atoms with Gasteiger partial charge in [0, 0.05) is 38.4 Å². The molecule has 0 spiro atoms. The molecule has 0 aromatic heterocycles. The molecule has 3 N–H and O–H groups in total. The normalized spacial score (nSPS) is 15.6. The van der Waals surface area contributed by atoms with Crippen LogP contribution in [0.5, 0.6) is 0 Å². The van der Waals surface area contributed by atoms with Crippen LogP contribution in [0.3, 0.4) is 0 Å². The molecule has 2 rings (SSSR count). The van der Waals surface area contributed by atoms with Gasteiger partial charge in [-0.05, 0) is 51.8 Å². The number of nitrogens with one attached hydrogen (secondary N) is 3. The van der Waals surface area contributed by atoms with Crippen LogP contribution in [0.2, 0.25) is 0 Å². The number of carbonyl (C=O) groups is 1. The minimum atomic E-state index is -0.558. The number of anilines is 1. The van der Waals surface area contributed by atoms with Gasteiger partial charge in [-0.1, -0.05) is 6.07 Å². The van der Waals surface area contributed by atoms with Crippen LogP contribution < -0.4 is 20.9 Å². The van der Waals surface area contributed by atoms with Gasteiger partial charge in [0.15, 0.2) is 5.96 Å². The third-order valence-corrected chi connectivity index (χ3v) is 4.83. The Kier molecular flexibility index (Phi) is 9.98. The van der Waals surface area contributed by atoms with Crippen molar-refractivity contribution in [1.82, 2.24) is 16.0 Å². The minimum Gasteiger partial charge on any atom is -0.371 e. The first kappa shape index (κ1) is 24.5. The Balaban J connectivity index is 0.00000392. The molecule has 0 saturated carbocycles. The van der Waals surface area contributed by atoms with E-state index in [9.17, 15) is 9.18 Å². The van der Waals surface area contributed by atoms with Gasteiger partial charge < -0.3 is 20.9 Å². The van der Waals surface area contributed by atoms with Crippen LogP contribution in [-0.2, 0) is 4.79 Å². The van der Waals surface area contributed by atoms with Crippen molar-refractivity contribution in [2.45, 2.75) is 39.7 Å². The quantitative estimate of drug-likeness (QED) is 0.316. The minimum absolute atomic E-state index is 0. The van der Waals surface area contributed by atoms with Gasteiger partial charge in [-0.15, -0.1) is 24.0 Å². The molecule has 158 valence electrons. The van der Waals surface area contributed by atoms with E-state index in [2.05, 4.69) is 25.8 Å². The lowest BCUT2D eigenvalue weighted by Crippen LogP contribution is -2.49. The Morgan fingerprint density at radius 2 is 2.00 bits per heavy atom. The van der Waals surface area contributed by atoms with Crippen molar-refractivity contribution in [3.8, 4) is 0 Å². The van der Waals surface area contributed by atoms with Crippen molar-refractivity contribution in [2.24, 2.45) is 10.4 Å². The van der Waals surface area contributed by atoms with E-state index >= 15 is 0 Å². The van der Waals surface area contributed by atoms with E-state index in [1.54, 1.807) is 19.2 Å². The van der Waals surface area contributed by atoms with Gasteiger partial charge in [0.05, 0.1) is 12.0 Å². The molecule has 0 aliphatic carbocycles. The summed E-state index contributed by atoms with van der Waals surface area (Å²) in [5.74, 6) is 0.511. The number of guanidine groups is 1. The zero-order chi connectivity index (χ0) is 19.9. The molecule has 0 radical (unpaired) electrons. The molecule has 0 atom stereocenters. The SMILES string of the molecule is CCNC(=NCC(C)(C)C(=O)NC)NC1CCN(c2cccc(F)c2)CC1.I. The second kappa shape index (κ2) is 11.4. The topological polar surface area (TPSA) is 68.8 Å². The number of nitrogens with zero attached hydrogens (tertiary/aromatic N) is 2. The average molecular weight is 505 g/mol. The summed E-state index contributed by atoms with van der Waals surface area (Å²) in [6.45, 7) is 8.69. The van der Waals surface area contributed by atoms with Gasteiger partial charge in [-0.3, -0.25) is 9.79 Å². The van der Waals surface area contributed by atoms with Crippen LogP contribution in [-0.4, -0.2) is 51.1 Å². The number of aliphatic imine (C=N–C) groups is 1. The standard InChI is InChI=1S/C20H32FN5O.HI/c1-5-23-19(24-14-20(2,3)18(27)22-4)25-16-9-11-26(12-10-16)17-8-6-7-15(21)13-17;/h6-8,13,16H,5,9-12,14H2,1-4H3,(H,22,27)(H2,23,24,25);1H. The third-order valence-electron chi connectivity index (χ3n) is 4.83. The van der Waals surface area contributed by atoms with E-state index in [0.717, 1.165) is 44.1 Å². The van der Waals surface area contributed by atoms with Crippen molar-refractivity contribution in [3.63, 3.8) is 0 Å². The zero-order valence-corrected chi connectivity index (χ0v) is 19.5. The Hall–Kier alpha value is -1.58. The van der Waals surface area contributed by atoms with Gasteiger partial charge in [0.25, 0.3) is 0 Å². The number of benzene rings is 1. The summed E-state index contributed by atoms with van der Waals surface area (Å²) in [4.78, 5) is 18.8. The maximum Gasteiger partial charge on any atom is 0.227 e. The molecule has 1 heterocycles. The molecule has 1 aromatic rings. The molecule has 1 aliphatic rings. The van der Waals surface area contributed by atoms with E-state index in [0.29, 0.717) is 12.6 Å². The highest BCUT2D eigenvalue weighted by atomic mass is 127. The summed E-state index contributed by atoms with van der Waals surface area (Å²) >= 11 is 0. The molecule has 6 nitrogen and oxygen atoms in total. The summed E-state index contributed by atoms with van der Waals surface area (Å²) in [7, 11) is 1.64. The largest absolute Gasteiger partial charge is 0.371 e. The Morgan fingerprint density at radius 1 is 1.32 bits per heavy atom. The van der Waals surface area contributed by atoms with Crippen LogP contribution in [0.4, 0.5) is 10.1 Å². The number of amides is 1. The van der Waals surface area contributed by atoms with Crippen LogP contribution in [0.1, 0.15) is 33.6 Å². The maximum atomic E-state index is 13.4. The summed E-state index contributed by atoms with van der Waals surface area (Å²) in [5.41, 5.74) is 0.374. The van der Waals surface area contributed by atoms with E-state index in [4.69, 9.17) is 0 Å². The monoisotopic (exact) mass is 505 g/mol. The summed E-state index contributed by atoms with van der Waals surface area (Å²) in [5, 5.41) is 9.42. The van der Waals surface area contributed by atoms with Crippen molar-refractivity contribution in [3.05, 3.63) is 30.1 Å². The third kappa shape index (κ3) is 7.10. The van der Waals surface area contributed by atoms with Crippen molar-refractivity contribution >= 4 is 41.5 Å². The number of piperidine rings is 1. The van der Waals surface area contributed by atoms with Crippen LogP contribution in [0.15, 0.2) is 29.3 Å². The summed E-state index contributed by atoms with van der Waals surface area (Å²) < 4.78 is 13.4. The highest BCUT2D eigenvalue weighted by Crippen LogP contribution is 2.21. The Morgan fingerprint density at radius 3 is 2.57 bits per heavy atom. The number of halogens is 2. The fraction of sp³-hybridized carbons (Fsp3) is 0.600. The molecule has 8 heteroatoms. The van der Waals surface area contributed by atoms with E-state index < -0.39 is 5.41 Å². The molecular formula is C20H33FIN5O. The maximum absolute atomic E-state index is 13.4. The van der Waals surface area contributed by atoms with Gasteiger partial charge in [0.1, 0.15) is 5.82 Å². The highest BCUT2D eigenvalue weighted by Gasteiger charge is 2.27. The lowest BCUT2D eigenvalue weighted by atomic mass is 9.93. The van der Waals surface area contributed by atoms with E-state index in [1.807, 2.05) is 26.8 Å². The fourth-order valence-corrected chi connectivity index (χ4v) is 3.16. The highest BCUT2D eigenvalue weighted by molar-refractivity contribution is 14.0. The molecule has 0 bridgehead atoms. The van der Waals surface area contributed by atoms with Crippen LogP contribution >= 0.6 is 24.0 Å². The predicted molar refractivity (Wildman–Crippen MR) is 124 cm³/mol. The summed E-state index contributed by atoms with van der Waals surface area (Å²) in [6, 6.07) is 7.05. The van der Waals surface area contributed by atoms with Crippen molar-refractivity contribution in [1.29, 1.82) is 0 Å². The second-order valence-electron chi connectivity index (χ2n) is 7.54. The van der Waals surface area contributed by atoms with E-state index in [1.165, 1.54) is 6.07 Å². The van der Waals surface area contributed by atoms with Gasteiger partial charge in [-0.25, -0.2) is 4.39 Å². The Labute approximate surface area is 184 Å². The molecule has 1 saturated heterocycles. The first-order valence-electron chi connectivity index (χ1n) is 9.63. The van der Waals surface area contributed by atoms with E-state index in [-0.39, 0.29) is 35.7 Å². The molecule has 28 heavy (non-hydrogen) atoms. The van der Waals surface area contributed by atoms with Gasteiger partial charge in [-0.2, -0.15) is 0 Å².